The van der Waals surface area contributed by atoms with Gasteiger partial charge in [0.2, 0.25) is 11.6 Å². The number of nitrogens with zero attached hydrogens (tertiary/aromatic N) is 2. The summed E-state index contributed by atoms with van der Waals surface area (Å²) in [6.07, 6.45) is 1.40. The normalized spacial score (nSPS) is 10.3. The van der Waals surface area contributed by atoms with Gasteiger partial charge in [-0.05, 0) is 40.5 Å². The minimum atomic E-state index is -0.494. The Hall–Kier alpha value is -1.66. The summed E-state index contributed by atoms with van der Waals surface area (Å²) in [4.78, 5) is 14.5. The lowest BCUT2D eigenvalue weighted by Crippen LogP contribution is -1.95. The van der Waals surface area contributed by atoms with E-state index in [1.165, 1.54) is 18.3 Å². The highest BCUT2D eigenvalue weighted by molar-refractivity contribution is 9.10. The number of hydrogen-bond acceptors (Lipinski definition) is 4. The predicted molar refractivity (Wildman–Crippen MR) is 74.9 cm³/mol. The van der Waals surface area contributed by atoms with Gasteiger partial charge in [-0.25, -0.2) is 4.98 Å². The fourth-order valence-electron chi connectivity index (χ4n) is 1.44. The van der Waals surface area contributed by atoms with Crippen LogP contribution in [0.15, 0.2) is 34.9 Å². The molecule has 2 rings (SSSR count). The van der Waals surface area contributed by atoms with Crippen molar-refractivity contribution >= 4 is 33.2 Å². The number of nitro benzene ring substituents is 1. The van der Waals surface area contributed by atoms with Crippen LogP contribution in [-0.2, 0) is 0 Å². The molecule has 98 valence electrons. The molecule has 0 amide bonds. The summed E-state index contributed by atoms with van der Waals surface area (Å²) in [5.41, 5.74) is 0.672. The first-order valence-corrected chi connectivity index (χ1v) is 6.38. The Morgan fingerprint density at radius 3 is 2.79 bits per heavy atom. The maximum atomic E-state index is 11.0. The number of hydrogen-bond donors (Lipinski definition) is 0. The number of aromatic nitrogens is 1. The van der Waals surface area contributed by atoms with Crippen LogP contribution in [0.5, 0.6) is 11.6 Å². The number of ether oxygens (including phenoxy) is 1. The summed E-state index contributed by atoms with van der Waals surface area (Å²) >= 11 is 9.01. The van der Waals surface area contributed by atoms with E-state index in [1.54, 1.807) is 19.1 Å². The predicted octanol–water partition coefficient (Wildman–Crippen LogP) is 4.51. The first kappa shape index (κ1) is 13.8. The van der Waals surface area contributed by atoms with E-state index in [4.69, 9.17) is 16.3 Å². The highest BCUT2D eigenvalue weighted by atomic mass is 79.9. The Kier molecular flexibility index (Phi) is 4.01. The van der Waals surface area contributed by atoms with Gasteiger partial charge < -0.3 is 4.74 Å². The van der Waals surface area contributed by atoms with Crippen molar-refractivity contribution in [3.63, 3.8) is 0 Å². The van der Waals surface area contributed by atoms with Gasteiger partial charge in [0.1, 0.15) is 0 Å². The summed E-state index contributed by atoms with van der Waals surface area (Å²) in [7, 11) is 0. The molecule has 0 saturated heterocycles. The van der Waals surface area contributed by atoms with E-state index in [-0.39, 0.29) is 17.3 Å². The number of aryl methyl sites for hydroxylation is 1. The van der Waals surface area contributed by atoms with Crippen LogP contribution < -0.4 is 4.74 Å². The zero-order valence-electron chi connectivity index (χ0n) is 9.76. The van der Waals surface area contributed by atoms with Crippen LogP contribution in [0.1, 0.15) is 5.56 Å². The summed E-state index contributed by atoms with van der Waals surface area (Å²) < 4.78 is 5.98. The van der Waals surface area contributed by atoms with Crippen LogP contribution in [0.25, 0.3) is 0 Å². The van der Waals surface area contributed by atoms with E-state index in [2.05, 4.69) is 20.9 Å². The summed E-state index contributed by atoms with van der Waals surface area (Å²) in [6.45, 7) is 1.77. The Morgan fingerprint density at radius 1 is 1.42 bits per heavy atom. The van der Waals surface area contributed by atoms with Crippen LogP contribution in [-0.4, -0.2) is 9.91 Å². The highest BCUT2D eigenvalue weighted by Crippen LogP contribution is 2.34. The third kappa shape index (κ3) is 3.21. The number of pyridine rings is 1. The lowest BCUT2D eigenvalue weighted by atomic mass is 10.2. The molecule has 0 N–H and O–H groups in total. The molecule has 0 aliphatic carbocycles. The molecule has 1 heterocycles. The van der Waals surface area contributed by atoms with Crippen molar-refractivity contribution in [2.45, 2.75) is 6.92 Å². The lowest BCUT2D eigenvalue weighted by Gasteiger charge is -2.07. The van der Waals surface area contributed by atoms with Gasteiger partial charge in [0.25, 0.3) is 0 Å². The molecule has 0 unspecified atom stereocenters. The van der Waals surface area contributed by atoms with Crippen LogP contribution in [0.4, 0.5) is 5.69 Å². The van der Waals surface area contributed by atoms with Crippen LogP contribution in [0.2, 0.25) is 5.02 Å². The monoisotopic (exact) mass is 342 g/mol. The van der Waals surface area contributed by atoms with Gasteiger partial charge in [-0.2, -0.15) is 0 Å². The largest absolute Gasteiger partial charge is 0.431 e. The molecule has 0 bridgehead atoms. The van der Waals surface area contributed by atoms with E-state index in [9.17, 15) is 10.1 Å². The van der Waals surface area contributed by atoms with Crippen molar-refractivity contribution in [1.29, 1.82) is 0 Å². The zero-order valence-corrected chi connectivity index (χ0v) is 12.1. The quantitative estimate of drug-likeness (QED) is 0.607. The molecule has 0 spiro atoms. The third-order valence-electron chi connectivity index (χ3n) is 2.29. The second kappa shape index (κ2) is 5.54. The average molecular weight is 344 g/mol. The second-order valence-electron chi connectivity index (χ2n) is 3.77. The summed E-state index contributed by atoms with van der Waals surface area (Å²) in [6, 6.07) is 6.31. The zero-order chi connectivity index (χ0) is 14.0. The van der Waals surface area contributed by atoms with E-state index in [1.807, 2.05) is 0 Å². The lowest BCUT2D eigenvalue weighted by molar-refractivity contribution is -0.385. The Balaban J connectivity index is 2.40. The molecule has 0 fully saturated rings. The molecule has 5 nitrogen and oxygen atoms in total. The van der Waals surface area contributed by atoms with Gasteiger partial charge in [-0.15, -0.1) is 0 Å². The summed E-state index contributed by atoms with van der Waals surface area (Å²) in [5, 5.41) is 11.4. The SMILES string of the molecule is Cc1ccc(Oc2ncc(Cl)cc2Br)c([N+](=O)[O-])c1. The maximum Gasteiger partial charge on any atom is 0.311 e. The van der Waals surface area contributed by atoms with Crippen molar-refractivity contribution in [2.75, 3.05) is 0 Å². The van der Waals surface area contributed by atoms with Gasteiger partial charge in [-0.3, -0.25) is 10.1 Å². The average Bonchev–Trinajstić information content (AvgIpc) is 2.34. The fourth-order valence-corrected chi connectivity index (χ4v) is 2.16. The number of benzene rings is 1. The van der Waals surface area contributed by atoms with Crippen molar-refractivity contribution in [3.05, 3.63) is 55.6 Å². The topological polar surface area (TPSA) is 65.3 Å². The van der Waals surface area contributed by atoms with Crippen molar-refractivity contribution in [3.8, 4) is 11.6 Å². The molecule has 2 aromatic rings. The molecular formula is C12H8BrClN2O3. The van der Waals surface area contributed by atoms with E-state index in [0.717, 1.165) is 5.56 Å². The molecule has 19 heavy (non-hydrogen) atoms. The third-order valence-corrected chi connectivity index (χ3v) is 3.07. The van der Waals surface area contributed by atoms with E-state index in [0.29, 0.717) is 9.50 Å². The molecule has 0 aliphatic heterocycles. The van der Waals surface area contributed by atoms with E-state index >= 15 is 0 Å². The van der Waals surface area contributed by atoms with Crippen LogP contribution in [0.3, 0.4) is 0 Å². The molecule has 0 radical (unpaired) electrons. The first-order valence-electron chi connectivity index (χ1n) is 5.21. The standard InChI is InChI=1S/C12H8BrClN2O3/c1-7-2-3-11(10(4-7)16(17)18)19-12-9(13)5-8(14)6-15-12/h2-6H,1H3. The fraction of sp³-hybridized carbons (Fsp3) is 0.0833. The molecular weight excluding hydrogens is 336 g/mol. The minimum absolute atomic E-state index is 0.108. The minimum Gasteiger partial charge on any atom is -0.431 e. The van der Waals surface area contributed by atoms with Gasteiger partial charge in [0, 0.05) is 12.3 Å². The van der Waals surface area contributed by atoms with Gasteiger partial charge in [0.05, 0.1) is 14.4 Å². The number of halogens is 2. The first-order chi connectivity index (χ1) is 8.97. The van der Waals surface area contributed by atoms with Crippen molar-refractivity contribution < 1.29 is 9.66 Å². The smallest absolute Gasteiger partial charge is 0.311 e. The number of rotatable bonds is 3. The van der Waals surface area contributed by atoms with Crippen molar-refractivity contribution in [2.24, 2.45) is 0 Å². The Labute approximate surface area is 122 Å². The molecule has 0 atom stereocenters. The number of nitro groups is 1. The molecule has 1 aromatic heterocycles. The molecule has 7 heteroatoms. The summed E-state index contributed by atoms with van der Waals surface area (Å²) in [5.74, 6) is 0.350. The van der Waals surface area contributed by atoms with Crippen LogP contribution >= 0.6 is 27.5 Å². The van der Waals surface area contributed by atoms with Crippen LogP contribution in [0, 0.1) is 17.0 Å². The van der Waals surface area contributed by atoms with Crippen molar-refractivity contribution in [1.82, 2.24) is 4.98 Å². The second-order valence-corrected chi connectivity index (χ2v) is 5.06. The highest BCUT2D eigenvalue weighted by Gasteiger charge is 2.17. The van der Waals surface area contributed by atoms with Gasteiger partial charge in [-0.1, -0.05) is 17.7 Å². The Bertz CT molecular complexity index is 649. The van der Waals surface area contributed by atoms with Gasteiger partial charge in [0.15, 0.2) is 0 Å². The molecule has 0 saturated carbocycles. The molecule has 0 aliphatic rings. The van der Waals surface area contributed by atoms with Gasteiger partial charge >= 0.3 is 5.69 Å². The van der Waals surface area contributed by atoms with E-state index < -0.39 is 4.92 Å². The maximum absolute atomic E-state index is 11.0. The Morgan fingerprint density at radius 2 is 2.16 bits per heavy atom. The molecule has 1 aromatic carbocycles.